The molecule has 4 rings (SSSR count). The number of carbonyl (C=O) groups excluding carboxylic acids is 1. The molecule has 1 amide bonds. The van der Waals surface area contributed by atoms with Crippen LogP contribution in [0.25, 0.3) is 0 Å². The van der Waals surface area contributed by atoms with E-state index in [-0.39, 0.29) is 17.6 Å². The predicted molar refractivity (Wildman–Crippen MR) is 117 cm³/mol. The molecule has 0 saturated carbocycles. The molecule has 1 heterocycles. The lowest BCUT2D eigenvalue weighted by atomic mass is 9.95. The lowest BCUT2D eigenvalue weighted by Crippen LogP contribution is -2.33. The van der Waals surface area contributed by atoms with E-state index in [1.165, 1.54) is 19.1 Å². The number of nitro groups is 1. The van der Waals surface area contributed by atoms with Gasteiger partial charge < -0.3 is 4.90 Å². The maximum Gasteiger partial charge on any atom is 0.269 e. The molecule has 1 unspecified atom stereocenters. The molecule has 3 aromatic rings. The maximum absolute atomic E-state index is 12.7. The summed E-state index contributed by atoms with van der Waals surface area (Å²) in [7, 11) is 0. The van der Waals surface area contributed by atoms with E-state index in [9.17, 15) is 14.9 Å². The third kappa shape index (κ3) is 3.72. The van der Waals surface area contributed by atoms with Gasteiger partial charge in [0.15, 0.2) is 0 Å². The van der Waals surface area contributed by atoms with Crippen LogP contribution in [0, 0.1) is 17.0 Å². The molecule has 30 heavy (non-hydrogen) atoms. The minimum absolute atomic E-state index is 0.0228. The van der Waals surface area contributed by atoms with E-state index < -0.39 is 4.92 Å². The molecule has 0 spiro atoms. The van der Waals surface area contributed by atoms with Crippen molar-refractivity contribution >= 4 is 28.7 Å². The monoisotopic (exact) mass is 399 g/mol. The molecule has 0 fully saturated rings. The van der Waals surface area contributed by atoms with E-state index >= 15 is 0 Å². The smallest absolute Gasteiger partial charge is 0.269 e. The molecule has 0 bridgehead atoms. The summed E-state index contributed by atoms with van der Waals surface area (Å²) in [6.07, 6.45) is 0.495. The van der Waals surface area contributed by atoms with Gasteiger partial charge in [-0.05, 0) is 30.2 Å². The summed E-state index contributed by atoms with van der Waals surface area (Å²) in [5.74, 6) is -0.105. The largest absolute Gasteiger partial charge is 0.303 e. The number of hydrogen-bond acceptors (Lipinski definition) is 4. The van der Waals surface area contributed by atoms with Gasteiger partial charge in [-0.3, -0.25) is 19.9 Å². The van der Waals surface area contributed by atoms with Gasteiger partial charge in [-0.15, -0.1) is 0 Å². The van der Waals surface area contributed by atoms with E-state index in [4.69, 9.17) is 4.99 Å². The second kappa shape index (κ2) is 7.91. The van der Waals surface area contributed by atoms with Crippen LogP contribution in [0.3, 0.4) is 0 Å². The van der Waals surface area contributed by atoms with Crippen molar-refractivity contribution in [2.45, 2.75) is 26.3 Å². The molecular formula is C24H21N3O3. The van der Waals surface area contributed by atoms with Crippen molar-refractivity contribution in [3.05, 3.63) is 99.6 Å². The highest BCUT2D eigenvalue weighted by molar-refractivity contribution is 6.07. The number of non-ortho nitro benzene ring substituents is 1. The first-order chi connectivity index (χ1) is 14.4. The number of aryl methyl sites for hydroxylation is 1. The summed E-state index contributed by atoms with van der Waals surface area (Å²) in [5, 5.41) is 11.1. The van der Waals surface area contributed by atoms with Crippen molar-refractivity contribution in [2.24, 2.45) is 4.99 Å². The Morgan fingerprint density at radius 2 is 1.70 bits per heavy atom. The highest BCUT2D eigenvalue weighted by Crippen LogP contribution is 2.40. The first-order valence-corrected chi connectivity index (χ1v) is 9.72. The second-order valence-corrected chi connectivity index (χ2v) is 7.37. The summed E-state index contributed by atoms with van der Waals surface area (Å²) >= 11 is 0. The van der Waals surface area contributed by atoms with Crippen molar-refractivity contribution < 1.29 is 9.72 Å². The normalized spacial score (nSPS) is 15.7. The van der Waals surface area contributed by atoms with Gasteiger partial charge >= 0.3 is 0 Å². The number of hydrogen-bond donors (Lipinski definition) is 0. The Kier molecular flexibility index (Phi) is 5.14. The van der Waals surface area contributed by atoms with Crippen molar-refractivity contribution in [1.29, 1.82) is 0 Å². The van der Waals surface area contributed by atoms with Crippen LogP contribution >= 0.6 is 0 Å². The van der Waals surface area contributed by atoms with Crippen molar-refractivity contribution in [1.82, 2.24) is 0 Å². The second-order valence-electron chi connectivity index (χ2n) is 7.37. The molecule has 6 heteroatoms. The van der Waals surface area contributed by atoms with Crippen LogP contribution < -0.4 is 4.90 Å². The summed E-state index contributed by atoms with van der Waals surface area (Å²) in [5.41, 5.74) is 5.33. The topological polar surface area (TPSA) is 75.8 Å². The summed E-state index contributed by atoms with van der Waals surface area (Å²) in [6, 6.07) is 21.8. The minimum Gasteiger partial charge on any atom is -0.303 e. The third-order valence-electron chi connectivity index (χ3n) is 5.31. The van der Waals surface area contributed by atoms with Gasteiger partial charge in [0.1, 0.15) is 0 Å². The number of rotatable bonds is 3. The van der Waals surface area contributed by atoms with Crippen molar-refractivity contribution in [2.75, 3.05) is 4.90 Å². The van der Waals surface area contributed by atoms with Crippen LogP contribution in [0.2, 0.25) is 0 Å². The van der Waals surface area contributed by atoms with Gasteiger partial charge in [-0.2, -0.15) is 0 Å². The van der Waals surface area contributed by atoms with Crippen LogP contribution in [0.5, 0.6) is 0 Å². The van der Waals surface area contributed by atoms with Gasteiger partial charge in [0, 0.05) is 25.5 Å². The van der Waals surface area contributed by atoms with Gasteiger partial charge in [-0.1, -0.05) is 54.1 Å². The number of para-hydroxylation sites is 2. The molecule has 1 aliphatic heterocycles. The lowest BCUT2D eigenvalue weighted by molar-refractivity contribution is -0.384. The van der Waals surface area contributed by atoms with Gasteiger partial charge in [0.25, 0.3) is 5.69 Å². The zero-order valence-electron chi connectivity index (χ0n) is 16.8. The predicted octanol–water partition coefficient (Wildman–Crippen LogP) is 5.52. The molecule has 6 nitrogen and oxygen atoms in total. The van der Waals surface area contributed by atoms with Crippen molar-refractivity contribution in [3.8, 4) is 0 Å². The zero-order valence-corrected chi connectivity index (χ0v) is 16.8. The first kappa shape index (κ1) is 19.5. The Balaban J connectivity index is 1.86. The number of benzene rings is 3. The Labute approximate surface area is 174 Å². The maximum atomic E-state index is 12.7. The van der Waals surface area contributed by atoms with E-state index in [1.54, 1.807) is 17.0 Å². The number of aliphatic imine (C=N–C) groups is 1. The molecule has 0 N–H and O–H groups in total. The van der Waals surface area contributed by atoms with Crippen LogP contribution in [-0.4, -0.2) is 16.5 Å². The van der Waals surface area contributed by atoms with Crippen LogP contribution in [0.1, 0.15) is 36.1 Å². The summed E-state index contributed by atoms with van der Waals surface area (Å²) < 4.78 is 0. The quantitative estimate of drug-likeness (QED) is 0.430. The molecule has 3 aromatic carbocycles. The Bertz CT molecular complexity index is 1140. The van der Waals surface area contributed by atoms with E-state index in [0.29, 0.717) is 6.42 Å². The van der Waals surface area contributed by atoms with Gasteiger partial charge in [0.05, 0.1) is 28.1 Å². The number of nitrogens with zero attached hydrogens (tertiary/aromatic N) is 3. The Morgan fingerprint density at radius 1 is 1.03 bits per heavy atom. The minimum atomic E-state index is -0.423. The Hall–Kier alpha value is -3.80. The van der Waals surface area contributed by atoms with Crippen LogP contribution in [-0.2, 0) is 4.79 Å². The Morgan fingerprint density at radius 3 is 2.33 bits per heavy atom. The number of fused-ring (bicyclic) bond motifs is 1. The fourth-order valence-corrected chi connectivity index (χ4v) is 3.80. The van der Waals surface area contributed by atoms with E-state index in [0.717, 1.165) is 33.8 Å². The summed E-state index contributed by atoms with van der Waals surface area (Å²) in [6.45, 7) is 3.57. The molecule has 0 saturated heterocycles. The fraction of sp³-hybridized carbons (Fsp3) is 0.167. The van der Waals surface area contributed by atoms with E-state index in [1.807, 2.05) is 55.5 Å². The molecule has 0 aliphatic carbocycles. The molecule has 1 atom stereocenters. The zero-order chi connectivity index (χ0) is 21.3. The lowest BCUT2D eigenvalue weighted by Gasteiger charge is -2.30. The molecule has 0 radical (unpaired) electrons. The molecule has 0 aromatic heterocycles. The first-order valence-electron chi connectivity index (χ1n) is 9.72. The van der Waals surface area contributed by atoms with E-state index in [2.05, 4.69) is 0 Å². The number of anilines is 1. The highest BCUT2D eigenvalue weighted by Gasteiger charge is 2.31. The van der Waals surface area contributed by atoms with Gasteiger partial charge in [-0.25, -0.2) is 0 Å². The standard InChI is InChI=1S/C24H21N3O3/c1-16-7-9-18(10-8-16)22-15-24(19-11-13-20(14-12-19)27(29)30)26(17(2)28)23-6-4-3-5-21(23)25-22/h3-14,24H,15H2,1-2H3. The number of amides is 1. The third-order valence-corrected chi connectivity index (χ3v) is 5.31. The molecular weight excluding hydrogens is 378 g/mol. The number of carbonyl (C=O) groups is 1. The van der Waals surface area contributed by atoms with Crippen LogP contribution in [0.4, 0.5) is 17.1 Å². The summed E-state index contributed by atoms with van der Waals surface area (Å²) in [4.78, 5) is 30.0. The van der Waals surface area contributed by atoms with Crippen molar-refractivity contribution in [3.63, 3.8) is 0 Å². The molecule has 150 valence electrons. The fourth-order valence-electron chi connectivity index (χ4n) is 3.80. The van der Waals surface area contributed by atoms with Crippen LogP contribution in [0.15, 0.2) is 77.8 Å². The number of nitro benzene ring substituents is 1. The highest BCUT2D eigenvalue weighted by atomic mass is 16.6. The average molecular weight is 399 g/mol. The molecule has 1 aliphatic rings. The average Bonchev–Trinajstić information content (AvgIpc) is 2.91. The SMILES string of the molecule is CC(=O)N1c2ccccc2N=C(c2ccc(C)cc2)CC1c1ccc([N+](=O)[O-])cc1. The van der Waals surface area contributed by atoms with Gasteiger partial charge in [0.2, 0.25) is 5.91 Å².